The zero-order valence-corrected chi connectivity index (χ0v) is 17.8. The Balaban J connectivity index is 1.38. The molecule has 1 fully saturated rings. The SMILES string of the molecule is Fc1cncc(-c2cnn(-c3cnn4ccc(N5CCC[C@@H]5c5cc(F)ccc5F)nc34)c2)c1. The predicted molar refractivity (Wildman–Crippen MR) is 119 cm³/mol. The van der Waals surface area contributed by atoms with Crippen molar-refractivity contribution in [3.8, 4) is 16.8 Å². The summed E-state index contributed by atoms with van der Waals surface area (Å²) in [6, 6.07) is 6.43. The Labute approximate surface area is 192 Å². The maximum Gasteiger partial charge on any atom is 0.183 e. The summed E-state index contributed by atoms with van der Waals surface area (Å²) in [5.41, 5.74) is 2.81. The van der Waals surface area contributed by atoms with E-state index >= 15 is 0 Å². The molecule has 0 spiro atoms. The molecule has 0 saturated carbocycles. The number of anilines is 1. The van der Waals surface area contributed by atoms with Crippen LogP contribution >= 0.6 is 0 Å². The van der Waals surface area contributed by atoms with Gasteiger partial charge in [0.15, 0.2) is 5.65 Å². The maximum absolute atomic E-state index is 14.5. The van der Waals surface area contributed by atoms with Gasteiger partial charge >= 0.3 is 0 Å². The van der Waals surface area contributed by atoms with E-state index < -0.39 is 17.5 Å². The molecule has 5 aromatic rings. The predicted octanol–water partition coefficient (Wildman–Crippen LogP) is 4.74. The Bertz CT molecular complexity index is 1510. The highest BCUT2D eigenvalue weighted by Crippen LogP contribution is 2.37. The highest BCUT2D eigenvalue weighted by molar-refractivity contribution is 5.65. The Hall–Kier alpha value is -4.21. The van der Waals surface area contributed by atoms with E-state index in [1.165, 1.54) is 12.1 Å². The summed E-state index contributed by atoms with van der Waals surface area (Å²) < 4.78 is 45.2. The first-order chi connectivity index (χ1) is 16.6. The first-order valence-corrected chi connectivity index (χ1v) is 10.8. The largest absolute Gasteiger partial charge is 0.349 e. The van der Waals surface area contributed by atoms with Gasteiger partial charge in [-0.25, -0.2) is 27.4 Å². The zero-order chi connectivity index (χ0) is 23.2. The minimum atomic E-state index is -0.465. The van der Waals surface area contributed by atoms with Crippen molar-refractivity contribution >= 4 is 11.5 Å². The Morgan fingerprint density at radius 2 is 1.79 bits per heavy atom. The van der Waals surface area contributed by atoms with E-state index in [0.29, 0.717) is 46.8 Å². The number of hydrogen-bond donors (Lipinski definition) is 0. The molecule has 1 atom stereocenters. The molecule has 10 heteroatoms. The van der Waals surface area contributed by atoms with Crippen molar-refractivity contribution in [2.24, 2.45) is 0 Å². The number of halogens is 3. The van der Waals surface area contributed by atoms with E-state index in [1.54, 1.807) is 40.2 Å². The summed E-state index contributed by atoms with van der Waals surface area (Å²) >= 11 is 0. The number of pyridine rings is 1. The average molecular weight is 461 g/mol. The highest BCUT2D eigenvalue weighted by Gasteiger charge is 2.30. The van der Waals surface area contributed by atoms with Gasteiger partial charge in [-0.3, -0.25) is 4.98 Å². The fourth-order valence-electron chi connectivity index (χ4n) is 4.48. The number of aromatic nitrogens is 6. The fraction of sp³-hybridized carbons (Fsp3) is 0.167. The molecule has 34 heavy (non-hydrogen) atoms. The highest BCUT2D eigenvalue weighted by atomic mass is 19.1. The summed E-state index contributed by atoms with van der Waals surface area (Å²) in [5, 5.41) is 8.75. The summed E-state index contributed by atoms with van der Waals surface area (Å²) in [6.45, 7) is 0.672. The van der Waals surface area contributed by atoms with Crippen molar-refractivity contribution in [3.05, 3.63) is 90.5 Å². The van der Waals surface area contributed by atoms with Crippen LogP contribution in [0, 0.1) is 17.5 Å². The molecule has 0 aliphatic carbocycles. The van der Waals surface area contributed by atoms with Crippen molar-refractivity contribution in [1.82, 2.24) is 29.4 Å². The van der Waals surface area contributed by atoms with Crippen molar-refractivity contribution in [2.75, 3.05) is 11.4 Å². The molecule has 1 aliphatic rings. The summed E-state index contributed by atoms with van der Waals surface area (Å²) in [5.74, 6) is -0.683. The summed E-state index contributed by atoms with van der Waals surface area (Å²) in [7, 11) is 0. The molecule has 6 rings (SSSR count). The second-order valence-electron chi connectivity index (χ2n) is 8.17. The summed E-state index contributed by atoms with van der Waals surface area (Å²) in [4.78, 5) is 10.7. The molecule has 0 bridgehead atoms. The molecule has 0 amide bonds. The maximum atomic E-state index is 14.5. The minimum absolute atomic E-state index is 0.311. The fourth-order valence-corrected chi connectivity index (χ4v) is 4.48. The van der Waals surface area contributed by atoms with Crippen LogP contribution in [0.1, 0.15) is 24.4 Å². The molecule has 4 aromatic heterocycles. The van der Waals surface area contributed by atoms with E-state index in [0.717, 1.165) is 24.8 Å². The Morgan fingerprint density at radius 3 is 2.68 bits per heavy atom. The van der Waals surface area contributed by atoms with Crippen LogP contribution in [0.5, 0.6) is 0 Å². The van der Waals surface area contributed by atoms with Crippen molar-refractivity contribution in [1.29, 1.82) is 0 Å². The Kier molecular flexibility index (Phi) is 4.79. The molecule has 5 heterocycles. The van der Waals surface area contributed by atoms with Gasteiger partial charge in [-0.15, -0.1) is 0 Å². The van der Waals surface area contributed by atoms with Crippen LogP contribution in [-0.4, -0.2) is 35.9 Å². The van der Waals surface area contributed by atoms with Gasteiger partial charge in [-0.05, 0) is 43.2 Å². The lowest BCUT2D eigenvalue weighted by Crippen LogP contribution is -2.24. The lowest BCUT2D eigenvalue weighted by Gasteiger charge is -2.26. The summed E-state index contributed by atoms with van der Waals surface area (Å²) in [6.07, 6.45) is 11.0. The molecule has 1 aromatic carbocycles. The first kappa shape index (κ1) is 20.4. The average Bonchev–Trinajstić information content (AvgIpc) is 3.59. The molecule has 170 valence electrons. The van der Waals surface area contributed by atoms with Crippen LogP contribution in [0.15, 0.2) is 67.5 Å². The zero-order valence-electron chi connectivity index (χ0n) is 17.8. The second kappa shape index (κ2) is 7.98. The van der Waals surface area contributed by atoms with Crippen LogP contribution < -0.4 is 4.90 Å². The van der Waals surface area contributed by atoms with Gasteiger partial charge in [0.1, 0.15) is 29.0 Å². The number of rotatable bonds is 4. The van der Waals surface area contributed by atoms with Gasteiger partial charge in [-0.1, -0.05) is 0 Å². The third-order valence-electron chi connectivity index (χ3n) is 6.07. The third-order valence-corrected chi connectivity index (χ3v) is 6.07. The number of fused-ring (bicyclic) bond motifs is 1. The lowest BCUT2D eigenvalue weighted by molar-refractivity contribution is 0.560. The van der Waals surface area contributed by atoms with Crippen LogP contribution in [0.3, 0.4) is 0 Å². The molecular weight excluding hydrogens is 443 g/mol. The molecule has 0 radical (unpaired) electrons. The van der Waals surface area contributed by atoms with Crippen LogP contribution in [0.2, 0.25) is 0 Å². The number of benzene rings is 1. The minimum Gasteiger partial charge on any atom is -0.349 e. The molecular formula is C24H18F3N7. The van der Waals surface area contributed by atoms with E-state index in [-0.39, 0.29) is 6.04 Å². The van der Waals surface area contributed by atoms with Crippen LogP contribution in [-0.2, 0) is 0 Å². The van der Waals surface area contributed by atoms with Gasteiger partial charge in [-0.2, -0.15) is 10.2 Å². The van der Waals surface area contributed by atoms with Gasteiger partial charge in [0.2, 0.25) is 0 Å². The second-order valence-corrected chi connectivity index (χ2v) is 8.17. The first-order valence-electron chi connectivity index (χ1n) is 10.8. The van der Waals surface area contributed by atoms with E-state index in [2.05, 4.69) is 15.2 Å². The van der Waals surface area contributed by atoms with E-state index in [1.807, 2.05) is 11.0 Å². The molecule has 7 nitrogen and oxygen atoms in total. The van der Waals surface area contributed by atoms with Gasteiger partial charge < -0.3 is 4.90 Å². The van der Waals surface area contributed by atoms with Gasteiger partial charge in [0.05, 0.1) is 24.6 Å². The molecule has 1 saturated heterocycles. The quantitative estimate of drug-likeness (QED) is 0.387. The van der Waals surface area contributed by atoms with Crippen molar-refractivity contribution in [2.45, 2.75) is 18.9 Å². The number of nitrogens with zero attached hydrogens (tertiary/aromatic N) is 7. The molecule has 0 N–H and O–H groups in total. The molecule has 0 unspecified atom stereocenters. The van der Waals surface area contributed by atoms with Crippen molar-refractivity contribution in [3.63, 3.8) is 0 Å². The van der Waals surface area contributed by atoms with Crippen LogP contribution in [0.25, 0.3) is 22.5 Å². The normalized spacial score (nSPS) is 16.0. The van der Waals surface area contributed by atoms with Gasteiger partial charge in [0, 0.05) is 41.8 Å². The van der Waals surface area contributed by atoms with Crippen LogP contribution in [0.4, 0.5) is 19.0 Å². The third kappa shape index (κ3) is 3.47. The lowest BCUT2D eigenvalue weighted by atomic mass is 10.0. The van der Waals surface area contributed by atoms with Gasteiger partial charge in [0.25, 0.3) is 0 Å². The monoisotopic (exact) mass is 461 g/mol. The van der Waals surface area contributed by atoms with Crippen molar-refractivity contribution < 1.29 is 13.2 Å². The van der Waals surface area contributed by atoms with E-state index in [9.17, 15) is 13.2 Å². The van der Waals surface area contributed by atoms with E-state index in [4.69, 9.17) is 4.98 Å². The standard InChI is InChI=1S/C24H18F3N7/c25-17-3-4-20(27)19(9-17)21-2-1-6-32(21)23-5-7-33-24(31-23)22(13-30-33)34-14-16(11-29-34)15-8-18(26)12-28-10-15/h3-5,7-14,21H,1-2,6H2/t21-/m1/s1. The topological polar surface area (TPSA) is 64.1 Å². The smallest absolute Gasteiger partial charge is 0.183 e. The number of hydrogen-bond acceptors (Lipinski definition) is 5. The Morgan fingerprint density at radius 1 is 0.882 bits per heavy atom. The molecule has 1 aliphatic heterocycles.